The molecule has 0 atom stereocenters. The van der Waals surface area contributed by atoms with Gasteiger partial charge in [-0.1, -0.05) is 103 Å². The van der Waals surface area contributed by atoms with Gasteiger partial charge in [0.15, 0.2) is 5.82 Å². The average Bonchev–Trinajstić information content (AvgIpc) is 3.63. The molecule has 0 spiro atoms. The van der Waals surface area contributed by atoms with Crippen LogP contribution in [0.25, 0.3) is 74.6 Å². The van der Waals surface area contributed by atoms with E-state index >= 15 is 0 Å². The van der Waals surface area contributed by atoms with Crippen LogP contribution in [0.5, 0.6) is 0 Å². The zero-order chi connectivity index (χ0) is 26.5. The largest absolute Gasteiger partial charge is 0.228 e. The van der Waals surface area contributed by atoms with Crippen molar-refractivity contribution in [3.05, 3.63) is 133 Å². The molecule has 188 valence electrons. The summed E-state index contributed by atoms with van der Waals surface area (Å²) in [6.45, 7) is 0. The molecule has 5 aromatic carbocycles. The molecule has 2 nitrogen and oxygen atoms in total. The molecule has 0 radical (unpaired) electrons. The van der Waals surface area contributed by atoms with Crippen LogP contribution in [0.3, 0.4) is 0 Å². The third kappa shape index (κ3) is 4.10. The lowest BCUT2D eigenvalue weighted by Gasteiger charge is -2.09. The van der Waals surface area contributed by atoms with E-state index in [4.69, 9.17) is 9.97 Å². The molecule has 4 heteroatoms. The fraction of sp³-hybridized carbons (Fsp3) is 0. The van der Waals surface area contributed by atoms with Crippen molar-refractivity contribution in [3.63, 3.8) is 0 Å². The van der Waals surface area contributed by atoms with Crippen LogP contribution in [0.2, 0.25) is 0 Å². The molecule has 0 saturated heterocycles. The van der Waals surface area contributed by atoms with Gasteiger partial charge in [0.05, 0.1) is 16.3 Å². The molecule has 8 aromatic rings. The van der Waals surface area contributed by atoms with Crippen LogP contribution >= 0.6 is 22.7 Å². The minimum atomic E-state index is 0.747. The van der Waals surface area contributed by atoms with E-state index in [1.165, 1.54) is 41.4 Å². The summed E-state index contributed by atoms with van der Waals surface area (Å²) in [6, 6.07) is 47.3. The number of hydrogen-bond acceptors (Lipinski definition) is 4. The highest BCUT2D eigenvalue weighted by Gasteiger charge is 2.14. The van der Waals surface area contributed by atoms with E-state index in [9.17, 15) is 0 Å². The Morgan fingerprint density at radius 1 is 0.400 bits per heavy atom. The maximum absolute atomic E-state index is 5.12. The lowest BCUT2D eigenvalue weighted by atomic mass is 10.0. The van der Waals surface area contributed by atoms with Crippen LogP contribution in [0, 0.1) is 0 Å². The van der Waals surface area contributed by atoms with Crippen molar-refractivity contribution in [1.29, 1.82) is 0 Å². The van der Waals surface area contributed by atoms with E-state index in [-0.39, 0.29) is 0 Å². The maximum atomic E-state index is 5.12. The van der Waals surface area contributed by atoms with Crippen LogP contribution in [0.15, 0.2) is 133 Å². The van der Waals surface area contributed by atoms with E-state index in [1.807, 2.05) is 17.4 Å². The lowest BCUT2D eigenvalue weighted by Crippen LogP contribution is -1.95. The number of aromatic nitrogens is 2. The molecule has 40 heavy (non-hydrogen) atoms. The van der Waals surface area contributed by atoms with Crippen molar-refractivity contribution in [2.45, 2.75) is 0 Å². The molecule has 0 aliphatic rings. The topological polar surface area (TPSA) is 25.8 Å². The molecule has 0 bridgehead atoms. The summed E-state index contributed by atoms with van der Waals surface area (Å²) in [5.41, 5.74) is 6.38. The second kappa shape index (κ2) is 9.53. The Morgan fingerprint density at radius 2 is 1.05 bits per heavy atom. The van der Waals surface area contributed by atoms with Crippen LogP contribution in [0.4, 0.5) is 0 Å². The molecule has 0 unspecified atom stereocenters. The van der Waals surface area contributed by atoms with Crippen molar-refractivity contribution in [3.8, 4) is 44.3 Å². The van der Waals surface area contributed by atoms with Gasteiger partial charge < -0.3 is 0 Å². The Bertz CT molecular complexity index is 2120. The van der Waals surface area contributed by atoms with Crippen molar-refractivity contribution < 1.29 is 0 Å². The minimum Gasteiger partial charge on any atom is -0.228 e. The normalized spacial score (nSPS) is 11.5. The van der Waals surface area contributed by atoms with Crippen LogP contribution in [0.1, 0.15) is 0 Å². The van der Waals surface area contributed by atoms with Gasteiger partial charge in [-0.3, -0.25) is 0 Å². The van der Waals surface area contributed by atoms with Crippen molar-refractivity contribution in [2.75, 3.05) is 0 Å². The predicted octanol–water partition coefficient (Wildman–Crippen LogP) is 10.7. The standard InChI is InChI=1S/C36H22N2S2/c1-2-8-23(9-3-1)24-14-16-25(17-15-24)30-22-31(35-20-26-10-4-6-12-32(26)39-35)38-36(37-30)27-18-19-29-28-11-5-7-13-33(28)40-34(29)21-27/h1-22H. The van der Waals surface area contributed by atoms with Crippen LogP contribution in [-0.2, 0) is 0 Å². The fourth-order valence-corrected chi connectivity index (χ4v) is 7.46. The summed E-state index contributed by atoms with van der Waals surface area (Å²) in [5, 5.41) is 3.82. The van der Waals surface area contributed by atoms with Gasteiger partial charge in [0.25, 0.3) is 0 Å². The Hall–Kier alpha value is -4.64. The molecule has 3 aromatic heterocycles. The highest BCUT2D eigenvalue weighted by atomic mass is 32.1. The monoisotopic (exact) mass is 546 g/mol. The van der Waals surface area contributed by atoms with Crippen molar-refractivity contribution >= 4 is 52.9 Å². The predicted molar refractivity (Wildman–Crippen MR) is 172 cm³/mol. The highest BCUT2D eigenvalue weighted by molar-refractivity contribution is 7.25. The lowest BCUT2D eigenvalue weighted by molar-refractivity contribution is 1.19. The molecule has 0 saturated carbocycles. The number of rotatable bonds is 4. The van der Waals surface area contributed by atoms with Crippen molar-refractivity contribution in [1.82, 2.24) is 9.97 Å². The zero-order valence-corrected chi connectivity index (χ0v) is 23.0. The number of hydrogen-bond donors (Lipinski definition) is 0. The van der Waals surface area contributed by atoms with Gasteiger partial charge in [0.1, 0.15) is 0 Å². The van der Waals surface area contributed by atoms with Crippen molar-refractivity contribution in [2.24, 2.45) is 0 Å². The third-order valence-corrected chi connectivity index (χ3v) is 9.60. The highest BCUT2D eigenvalue weighted by Crippen LogP contribution is 2.38. The molecule has 0 aliphatic heterocycles. The molecule has 0 amide bonds. The quantitative estimate of drug-likeness (QED) is 0.219. The first-order valence-electron chi connectivity index (χ1n) is 13.2. The second-order valence-electron chi connectivity index (χ2n) is 9.86. The summed E-state index contributed by atoms with van der Waals surface area (Å²) in [4.78, 5) is 11.4. The molecule has 0 fully saturated rings. The van der Waals surface area contributed by atoms with Crippen LogP contribution < -0.4 is 0 Å². The van der Waals surface area contributed by atoms with Gasteiger partial charge in [-0.05, 0) is 46.8 Å². The third-order valence-electron chi connectivity index (χ3n) is 7.33. The Labute approximate surface area is 239 Å². The SMILES string of the molecule is c1ccc(-c2ccc(-c3cc(-c4cc5ccccc5s4)nc(-c4ccc5c(c4)sc4ccccc45)n3)cc2)cc1. The first kappa shape index (κ1) is 23.3. The number of fused-ring (bicyclic) bond motifs is 4. The van der Waals surface area contributed by atoms with E-state index in [0.29, 0.717) is 0 Å². The summed E-state index contributed by atoms with van der Waals surface area (Å²) in [5.74, 6) is 0.747. The second-order valence-corrected chi connectivity index (χ2v) is 12.0. The van der Waals surface area contributed by atoms with Gasteiger partial charge in [0, 0.05) is 36.0 Å². The first-order chi connectivity index (χ1) is 19.8. The van der Waals surface area contributed by atoms with E-state index in [2.05, 4.69) is 127 Å². The molecule has 8 rings (SSSR count). The molecular weight excluding hydrogens is 525 g/mol. The molecule has 3 heterocycles. The first-order valence-corrected chi connectivity index (χ1v) is 14.9. The molecule has 0 N–H and O–H groups in total. The number of thiophene rings is 2. The van der Waals surface area contributed by atoms with E-state index in [0.717, 1.165) is 33.2 Å². The van der Waals surface area contributed by atoms with Gasteiger partial charge in [-0.2, -0.15) is 0 Å². The average molecular weight is 547 g/mol. The number of benzene rings is 5. The molecule has 0 aliphatic carbocycles. The fourth-order valence-electron chi connectivity index (χ4n) is 5.29. The molecular formula is C36H22N2S2. The van der Waals surface area contributed by atoms with Gasteiger partial charge >= 0.3 is 0 Å². The van der Waals surface area contributed by atoms with Gasteiger partial charge in [-0.25, -0.2) is 9.97 Å². The van der Waals surface area contributed by atoms with Crippen LogP contribution in [-0.4, -0.2) is 9.97 Å². The Balaban J connectivity index is 1.28. The van der Waals surface area contributed by atoms with E-state index in [1.54, 1.807) is 11.3 Å². The minimum absolute atomic E-state index is 0.747. The van der Waals surface area contributed by atoms with Gasteiger partial charge in [0.2, 0.25) is 0 Å². The Morgan fingerprint density at radius 3 is 1.90 bits per heavy atom. The summed E-state index contributed by atoms with van der Waals surface area (Å²) in [7, 11) is 0. The van der Waals surface area contributed by atoms with Gasteiger partial charge in [-0.15, -0.1) is 22.7 Å². The Kier molecular flexibility index (Phi) is 5.54. The number of nitrogens with zero attached hydrogens (tertiary/aromatic N) is 2. The van der Waals surface area contributed by atoms with E-state index < -0.39 is 0 Å². The maximum Gasteiger partial charge on any atom is 0.160 e. The summed E-state index contributed by atoms with van der Waals surface area (Å²) in [6.07, 6.45) is 0. The zero-order valence-electron chi connectivity index (χ0n) is 21.4. The summed E-state index contributed by atoms with van der Waals surface area (Å²) < 4.78 is 3.82. The smallest absolute Gasteiger partial charge is 0.160 e. The summed E-state index contributed by atoms with van der Waals surface area (Å²) >= 11 is 3.60.